The molecule has 0 aromatic rings. The van der Waals surface area contributed by atoms with Crippen LogP contribution >= 0.6 is 0 Å². The zero-order valence-electron chi connectivity index (χ0n) is 16.5. The van der Waals surface area contributed by atoms with Gasteiger partial charge in [-0.05, 0) is 20.3 Å². The molecule has 4 heteroatoms. The smallest absolute Gasteiger partial charge is 0.222 e. The number of hydrogen-bond donors (Lipinski definition) is 0. The predicted octanol–water partition coefficient (Wildman–Crippen LogP) is 4.81. The highest BCUT2D eigenvalue weighted by Crippen LogP contribution is 2.11. The summed E-state index contributed by atoms with van der Waals surface area (Å²) in [5.41, 5.74) is 0. The molecule has 0 rings (SSSR count). The van der Waals surface area contributed by atoms with Crippen LogP contribution in [0.15, 0.2) is 0 Å². The Morgan fingerprint density at radius 1 is 0.708 bits per heavy atom. The SMILES string of the molecule is CCCCCCCCCCCC(=O)N(CCOCC)CCOCC. The molecule has 0 aromatic carbocycles. The van der Waals surface area contributed by atoms with Gasteiger partial charge in [-0.25, -0.2) is 0 Å². The molecule has 0 bridgehead atoms. The van der Waals surface area contributed by atoms with Crippen LogP contribution in [0.1, 0.15) is 85.0 Å². The van der Waals surface area contributed by atoms with Gasteiger partial charge in [-0.3, -0.25) is 4.79 Å². The van der Waals surface area contributed by atoms with Crippen LogP contribution in [0.25, 0.3) is 0 Å². The summed E-state index contributed by atoms with van der Waals surface area (Å²) in [5, 5.41) is 0. The van der Waals surface area contributed by atoms with Crippen molar-refractivity contribution in [3.8, 4) is 0 Å². The second-order valence-electron chi connectivity index (χ2n) is 6.35. The number of unbranched alkanes of at least 4 members (excludes halogenated alkanes) is 8. The van der Waals surface area contributed by atoms with Crippen LogP contribution in [0.5, 0.6) is 0 Å². The zero-order chi connectivity index (χ0) is 17.9. The Labute approximate surface area is 150 Å². The third-order valence-corrected chi connectivity index (χ3v) is 4.27. The molecule has 0 aliphatic carbocycles. The molecule has 0 atom stereocenters. The van der Waals surface area contributed by atoms with Gasteiger partial charge in [0.1, 0.15) is 0 Å². The van der Waals surface area contributed by atoms with Crippen molar-refractivity contribution in [3.05, 3.63) is 0 Å². The van der Waals surface area contributed by atoms with Crippen LogP contribution < -0.4 is 0 Å². The lowest BCUT2D eigenvalue weighted by atomic mass is 10.1. The molecule has 1 amide bonds. The van der Waals surface area contributed by atoms with Crippen molar-refractivity contribution in [2.75, 3.05) is 39.5 Å². The number of nitrogens with zero attached hydrogens (tertiary/aromatic N) is 1. The van der Waals surface area contributed by atoms with Crippen LogP contribution in [-0.2, 0) is 14.3 Å². The molecule has 0 heterocycles. The maximum atomic E-state index is 12.4. The largest absolute Gasteiger partial charge is 0.380 e. The number of rotatable bonds is 18. The number of carbonyl (C=O) groups is 1. The molecular weight excluding hydrogens is 302 g/mol. The number of ether oxygens (including phenoxy) is 2. The lowest BCUT2D eigenvalue weighted by molar-refractivity contribution is -0.132. The Morgan fingerprint density at radius 3 is 1.62 bits per heavy atom. The lowest BCUT2D eigenvalue weighted by Crippen LogP contribution is -2.36. The van der Waals surface area contributed by atoms with Crippen molar-refractivity contribution in [1.82, 2.24) is 4.90 Å². The topological polar surface area (TPSA) is 38.8 Å². The standard InChI is InChI=1S/C20H41NO3/c1-4-7-8-9-10-11-12-13-14-15-20(22)21(16-18-23-5-2)17-19-24-6-3/h4-19H2,1-3H3. The first-order chi connectivity index (χ1) is 11.8. The van der Waals surface area contributed by atoms with Gasteiger partial charge in [0, 0.05) is 32.7 Å². The third-order valence-electron chi connectivity index (χ3n) is 4.27. The minimum absolute atomic E-state index is 0.248. The van der Waals surface area contributed by atoms with Crippen molar-refractivity contribution in [3.63, 3.8) is 0 Å². The van der Waals surface area contributed by atoms with Crippen molar-refractivity contribution in [2.45, 2.75) is 85.0 Å². The van der Waals surface area contributed by atoms with Crippen LogP contribution in [0, 0.1) is 0 Å². The summed E-state index contributed by atoms with van der Waals surface area (Å²) in [4.78, 5) is 14.3. The first-order valence-corrected chi connectivity index (χ1v) is 10.2. The van der Waals surface area contributed by atoms with E-state index in [-0.39, 0.29) is 5.91 Å². The van der Waals surface area contributed by atoms with E-state index in [1.807, 2.05) is 18.7 Å². The summed E-state index contributed by atoms with van der Waals surface area (Å²) >= 11 is 0. The van der Waals surface area contributed by atoms with Crippen molar-refractivity contribution < 1.29 is 14.3 Å². The molecule has 144 valence electrons. The molecule has 0 N–H and O–H groups in total. The minimum Gasteiger partial charge on any atom is -0.380 e. The highest BCUT2D eigenvalue weighted by Gasteiger charge is 2.12. The molecule has 0 spiro atoms. The summed E-state index contributed by atoms with van der Waals surface area (Å²) in [7, 11) is 0. The fourth-order valence-corrected chi connectivity index (χ4v) is 2.74. The van der Waals surface area contributed by atoms with E-state index in [0.29, 0.717) is 45.9 Å². The van der Waals surface area contributed by atoms with E-state index in [1.165, 1.54) is 51.4 Å². The van der Waals surface area contributed by atoms with Crippen LogP contribution in [0.4, 0.5) is 0 Å². The monoisotopic (exact) mass is 343 g/mol. The molecule has 0 aromatic heterocycles. The average molecular weight is 344 g/mol. The van der Waals surface area contributed by atoms with Gasteiger partial charge >= 0.3 is 0 Å². The molecule has 0 unspecified atom stereocenters. The molecule has 0 aliphatic heterocycles. The predicted molar refractivity (Wildman–Crippen MR) is 101 cm³/mol. The van der Waals surface area contributed by atoms with E-state index < -0.39 is 0 Å². The Bertz CT molecular complexity index is 262. The van der Waals surface area contributed by atoms with E-state index in [4.69, 9.17) is 9.47 Å². The van der Waals surface area contributed by atoms with Crippen molar-refractivity contribution in [1.29, 1.82) is 0 Å². The lowest BCUT2D eigenvalue weighted by Gasteiger charge is -2.22. The van der Waals surface area contributed by atoms with Crippen LogP contribution in [0.2, 0.25) is 0 Å². The highest BCUT2D eigenvalue weighted by molar-refractivity contribution is 5.76. The molecule has 0 aliphatic rings. The van der Waals surface area contributed by atoms with Gasteiger partial charge in [-0.15, -0.1) is 0 Å². The van der Waals surface area contributed by atoms with E-state index >= 15 is 0 Å². The average Bonchev–Trinajstić information content (AvgIpc) is 2.59. The number of hydrogen-bond acceptors (Lipinski definition) is 3. The summed E-state index contributed by atoms with van der Waals surface area (Å²) in [6, 6.07) is 0. The van der Waals surface area contributed by atoms with E-state index in [0.717, 1.165) is 6.42 Å². The molecule has 0 saturated heterocycles. The second-order valence-corrected chi connectivity index (χ2v) is 6.35. The van der Waals surface area contributed by atoms with Gasteiger partial charge in [-0.1, -0.05) is 58.3 Å². The summed E-state index contributed by atoms with van der Waals surface area (Å²) in [6.45, 7) is 10.2. The Morgan fingerprint density at radius 2 is 1.17 bits per heavy atom. The summed E-state index contributed by atoms with van der Waals surface area (Å²) in [6.07, 6.45) is 12.2. The first kappa shape index (κ1) is 23.4. The van der Waals surface area contributed by atoms with Crippen LogP contribution in [-0.4, -0.2) is 50.3 Å². The zero-order valence-corrected chi connectivity index (χ0v) is 16.5. The van der Waals surface area contributed by atoms with Gasteiger partial charge < -0.3 is 14.4 Å². The molecule has 0 saturated carbocycles. The van der Waals surface area contributed by atoms with E-state index in [2.05, 4.69) is 6.92 Å². The molecule has 0 fully saturated rings. The summed E-state index contributed by atoms with van der Waals surface area (Å²) < 4.78 is 10.8. The quantitative estimate of drug-likeness (QED) is 0.335. The van der Waals surface area contributed by atoms with Gasteiger partial charge in [-0.2, -0.15) is 0 Å². The molecular formula is C20H41NO3. The van der Waals surface area contributed by atoms with Gasteiger partial charge in [0.2, 0.25) is 5.91 Å². The van der Waals surface area contributed by atoms with Crippen molar-refractivity contribution in [2.24, 2.45) is 0 Å². The number of amides is 1. The van der Waals surface area contributed by atoms with Gasteiger partial charge in [0.25, 0.3) is 0 Å². The minimum atomic E-state index is 0.248. The third kappa shape index (κ3) is 14.9. The Hall–Kier alpha value is -0.610. The second kappa shape index (κ2) is 18.7. The molecule has 24 heavy (non-hydrogen) atoms. The maximum absolute atomic E-state index is 12.4. The van der Waals surface area contributed by atoms with Crippen molar-refractivity contribution >= 4 is 5.91 Å². The maximum Gasteiger partial charge on any atom is 0.222 e. The van der Waals surface area contributed by atoms with Crippen LogP contribution in [0.3, 0.4) is 0 Å². The fourth-order valence-electron chi connectivity index (χ4n) is 2.74. The molecule has 4 nitrogen and oxygen atoms in total. The summed E-state index contributed by atoms with van der Waals surface area (Å²) in [5.74, 6) is 0.248. The Kier molecular flexibility index (Phi) is 18.2. The number of carbonyl (C=O) groups excluding carboxylic acids is 1. The van der Waals surface area contributed by atoms with E-state index in [1.54, 1.807) is 0 Å². The highest BCUT2D eigenvalue weighted by atomic mass is 16.5. The normalized spacial score (nSPS) is 11.0. The molecule has 0 radical (unpaired) electrons. The van der Waals surface area contributed by atoms with E-state index in [9.17, 15) is 4.79 Å². The fraction of sp³-hybridized carbons (Fsp3) is 0.950. The first-order valence-electron chi connectivity index (χ1n) is 10.2. The van der Waals surface area contributed by atoms with Gasteiger partial charge in [0.05, 0.1) is 13.2 Å². The van der Waals surface area contributed by atoms with Gasteiger partial charge in [0.15, 0.2) is 0 Å². The Balaban J connectivity index is 3.74.